The zero-order valence-electron chi connectivity index (χ0n) is 15.3. The molecule has 1 aliphatic carbocycles. The van der Waals surface area contributed by atoms with E-state index in [1.165, 1.54) is 7.11 Å². The first-order valence-electron chi connectivity index (χ1n) is 8.59. The number of anilines is 1. The van der Waals surface area contributed by atoms with Crippen molar-refractivity contribution in [1.29, 1.82) is 5.41 Å². The summed E-state index contributed by atoms with van der Waals surface area (Å²) in [7, 11) is 1.31. The number of hydrogen-bond acceptors (Lipinski definition) is 5. The molecular formula is C19H20N4O4S. The van der Waals surface area contributed by atoms with Gasteiger partial charge >= 0.3 is 12.0 Å². The summed E-state index contributed by atoms with van der Waals surface area (Å²) in [5, 5.41) is 7.45. The van der Waals surface area contributed by atoms with E-state index < -0.39 is 6.04 Å². The molecule has 0 bridgehead atoms. The Kier molecular flexibility index (Phi) is 5.74. The smallest absolute Gasteiger partial charge is 0.325 e. The van der Waals surface area contributed by atoms with Crippen molar-refractivity contribution in [2.24, 2.45) is 5.73 Å². The number of carbonyl (C=O) groups excluding carboxylic acids is 2. The number of esters is 1. The Labute approximate surface area is 165 Å². The number of urea groups is 1. The van der Waals surface area contributed by atoms with Crippen LogP contribution in [0.4, 0.5) is 10.5 Å². The minimum absolute atomic E-state index is 0.0328. The molecule has 3 rings (SSSR count). The van der Waals surface area contributed by atoms with Crippen molar-refractivity contribution in [3.8, 4) is 0 Å². The van der Waals surface area contributed by atoms with Crippen LogP contribution in [-0.4, -0.2) is 58.1 Å². The molecule has 1 fully saturated rings. The highest BCUT2D eigenvalue weighted by Gasteiger charge is 2.36. The van der Waals surface area contributed by atoms with E-state index in [-0.39, 0.29) is 24.3 Å². The second-order valence-corrected chi connectivity index (χ2v) is 6.99. The van der Waals surface area contributed by atoms with Crippen molar-refractivity contribution in [1.82, 2.24) is 4.90 Å². The summed E-state index contributed by atoms with van der Waals surface area (Å²) < 4.78 is 16.3. The first kappa shape index (κ1) is 19.6. The predicted octanol–water partition coefficient (Wildman–Crippen LogP) is 1.03. The van der Waals surface area contributed by atoms with Crippen molar-refractivity contribution >= 4 is 39.6 Å². The fraction of sp³-hybridized carbons (Fsp3) is 0.263. The van der Waals surface area contributed by atoms with E-state index in [1.807, 2.05) is 0 Å². The summed E-state index contributed by atoms with van der Waals surface area (Å²) in [6.07, 6.45) is 5.24. The van der Waals surface area contributed by atoms with Crippen LogP contribution in [-0.2, 0) is 20.8 Å². The lowest BCUT2D eigenvalue weighted by molar-refractivity contribution is -0.139. The average molecular weight is 400 g/mol. The number of nitrogens with one attached hydrogen (secondary N) is 1. The molecule has 1 saturated heterocycles. The van der Waals surface area contributed by atoms with Crippen LogP contribution in [0, 0.1) is 5.41 Å². The maximum atomic E-state index is 12.9. The van der Waals surface area contributed by atoms with E-state index in [9.17, 15) is 13.8 Å². The van der Waals surface area contributed by atoms with Gasteiger partial charge in [0.15, 0.2) is 0 Å². The van der Waals surface area contributed by atoms with Crippen LogP contribution in [0.5, 0.6) is 0 Å². The number of hydrogen-bond donors (Lipinski definition) is 2. The summed E-state index contributed by atoms with van der Waals surface area (Å²) in [5.74, 6) is -0.420. The second-order valence-electron chi connectivity index (χ2n) is 6.35. The van der Waals surface area contributed by atoms with Crippen LogP contribution >= 0.6 is 0 Å². The molecule has 0 aromatic heterocycles. The van der Waals surface area contributed by atoms with Crippen LogP contribution in [0.1, 0.15) is 12.0 Å². The van der Waals surface area contributed by atoms with Gasteiger partial charge in [0.1, 0.15) is 5.84 Å². The molecule has 8 nitrogen and oxygen atoms in total. The number of amides is 2. The number of ether oxygens (including phenoxy) is 1. The van der Waals surface area contributed by atoms with Crippen LogP contribution in [0.25, 0.3) is 0 Å². The Morgan fingerprint density at radius 3 is 2.64 bits per heavy atom. The Balaban J connectivity index is 1.76. The molecule has 1 aliphatic heterocycles. The van der Waals surface area contributed by atoms with Crippen molar-refractivity contribution in [2.45, 2.75) is 12.5 Å². The van der Waals surface area contributed by atoms with Gasteiger partial charge in [0.25, 0.3) is 0 Å². The van der Waals surface area contributed by atoms with E-state index >= 15 is 0 Å². The van der Waals surface area contributed by atoms with Gasteiger partial charge in [-0.15, -0.1) is 0 Å². The van der Waals surface area contributed by atoms with Crippen LogP contribution < -0.4 is 10.6 Å². The summed E-state index contributed by atoms with van der Waals surface area (Å²) in [6, 6.07) is 6.22. The Morgan fingerprint density at radius 2 is 2.04 bits per heavy atom. The largest absolute Gasteiger partial charge is 0.469 e. The van der Waals surface area contributed by atoms with Crippen molar-refractivity contribution in [3.05, 3.63) is 53.6 Å². The van der Waals surface area contributed by atoms with Crippen molar-refractivity contribution in [3.63, 3.8) is 0 Å². The third kappa shape index (κ3) is 3.89. The van der Waals surface area contributed by atoms with Gasteiger partial charge in [-0.2, -0.15) is 0 Å². The molecule has 1 atom stereocenters. The van der Waals surface area contributed by atoms with E-state index in [0.717, 1.165) is 0 Å². The fourth-order valence-corrected chi connectivity index (χ4v) is 3.68. The van der Waals surface area contributed by atoms with Gasteiger partial charge in [-0.3, -0.25) is 15.1 Å². The quantitative estimate of drug-likeness (QED) is 0.331. The highest BCUT2D eigenvalue weighted by Crippen LogP contribution is 2.25. The maximum Gasteiger partial charge on any atom is 0.325 e. The van der Waals surface area contributed by atoms with Gasteiger partial charge in [0, 0.05) is 24.3 Å². The molecule has 0 saturated carbocycles. The maximum absolute atomic E-state index is 12.9. The number of nitrogens with two attached hydrogens (primary N) is 1. The zero-order valence-corrected chi connectivity index (χ0v) is 16.1. The lowest BCUT2D eigenvalue weighted by atomic mass is 9.99. The monoisotopic (exact) mass is 400 g/mol. The number of amidine groups is 1. The molecule has 9 heteroatoms. The number of nitrogen functional groups attached to an aromatic ring is 1. The number of nitrogens with zero attached hydrogens (tertiary/aromatic N) is 2. The average Bonchev–Trinajstić information content (AvgIpc) is 3.09. The van der Waals surface area contributed by atoms with E-state index in [0.29, 0.717) is 46.0 Å². The topological polar surface area (TPSA) is 117 Å². The predicted molar refractivity (Wildman–Crippen MR) is 108 cm³/mol. The molecule has 2 aliphatic rings. The Morgan fingerprint density at radius 1 is 1.32 bits per heavy atom. The van der Waals surface area contributed by atoms with Crippen molar-refractivity contribution in [2.75, 3.05) is 25.1 Å². The van der Waals surface area contributed by atoms with E-state index in [1.54, 1.807) is 52.3 Å². The number of methoxy groups -OCH3 is 1. The molecule has 0 radical (unpaired) electrons. The number of benzene rings is 1. The Bertz CT molecular complexity index is 932. The van der Waals surface area contributed by atoms with Gasteiger partial charge in [0.2, 0.25) is 0 Å². The standard InChI is InChI=1S/C19H20N4O4S/c1-27-17(24)11-12-2-7-15(16(10-12)28-26)23-9-8-22(19(23)25)14-5-3-13(4-6-14)18(20)21/h2-7,10,15H,8-9,11H2,1H3,(H3,20,21). The lowest BCUT2D eigenvalue weighted by Gasteiger charge is -2.27. The van der Waals surface area contributed by atoms with Crippen LogP contribution in [0.15, 0.2) is 48.1 Å². The first-order chi connectivity index (χ1) is 13.4. The van der Waals surface area contributed by atoms with E-state index in [4.69, 9.17) is 11.1 Å². The summed E-state index contributed by atoms with van der Waals surface area (Å²) in [6.45, 7) is 0.949. The molecule has 1 aromatic rings. The molecule has 146 valence electrons. The molecule has 0 spiro atoms. The SMILES string of the molecule is COC(=O)CC1=CC(=S=O)C(N2CCN(c3ccc(C(=N)N)cc3)C2=O)C=C1. The highest BCUT2D eigenvalue weighted by atomic mass is 32.1. The molecule has 2 amide bonds. The van der Waals surface area contributed by atoms with Crippen molar-refractivity contribution < 1.29 is 18.5 Å². The number of carbonyl (C=O) groups is 2. The molecule has 1 heterocycles. The van der Waals surface area contributed by atoms with Gasteiger partial charge in [-0.25, -0.2) is 9.00 Å². The number of rotatable bonds is 5. The highest BCUT2D eigenvalue weighted by molar-refractivity contribution is 7.67. The molecule has 28 heavy (non-hydrogen) atoms. The van der Waals surface area contributed by atoms with Gasteiger partial charge in [-0.05, 0) is 35.9 Å². The number of allylic oxidation sites excluding steroid dienone is 1. The molecule has 1 aromatic carbocycles. The lowest BCUT2D eigenvalue weighted by Crippen LogP contribution is -2.43. The van der Waals surface area contributed by atoms with Gasteiger partial charge in [-0.1, -0.05) is 12.2 Å². The fourth-order valence-electron chi connectivity index (χ4n) is 3.18. The third-order valence-corrected chi connectivity index (χ3v) is 5.20. The zero-order chi connectivity index (χ0) is 20.3. The summed E-state index contributed by atoms with van der Waals surface area (Å²) >= 11 is 0.320. The first-order valence-corrected chi connectivity index (χ1v) is 9.33. The molecule has 3 N–H and O–H groups in total. The van der Waals surface area contributed by atoms with Crippen LogP contribution in [0.3, 0.4) is 0 Å². The Hall–Kier alpha value is -3.20. The second kappa shape index (κ2) is 8.22. The summed E-state index contributed by atoms with van der Waals surface area (Å²) in [5.41, 5.74) is 7.43. The van der Waals surface area contributed by atoms with Gasteiger partial charge < -0.3 is 15.4 Å². The van der Waals surface area contributed by atoms with E-state index in [2.05, 4.69) is 4.74 Å². The minimum Gasteiger partial charge on any atom is -0.469 e. The molecule has 1 unspecified atom stereocenters. The third-order valence-electron chi connectivity index (χ3n) is 4.65. The molecular weight excluding hydrogens is 380 g/mol. The van der Waals surface area contributed by atoms with Gasteiger partial charge in [0.05, 0.1) is 35.7 Å². The van der Waals surface area contributed by atoms with Crippen LogP contribution in [0.2, 0.25) is 0 Å². The summed E-state index contributed by atoms with van der Waals surface area (Å²) in [4.78, 5) is 28.1. The normalized spacial score (nSPS) is 18.9. The minimum atomic E-state index is -0.460.